The molecule has 2 fully saturated rings. The molecule has 0 N–H and O–H groups in total. The largest absolute Gasteiger partial charge is 0.488 e. The summed E-state index contributed by atoms with van der Waals surface area (Å²) in [5.41, 5.74) is -0.646. The molecule has 0 amide bonds. The van der Waals surface area contributed by atoms with Crippen molar-refractivity contribution in [3.05, 3.63) is 0 Å². The van der Waals surface area contributed by atoms with Gasteiger partial charge in [-0.1, -0.05) is 0 Å². The van der Waals surface area contributed by atoms with Crippen molar-refractivity contribution in [3.8, 4) is 0 Å². The molecular weight excluding hydrogens is 194 g/mol. The van der Waals surface area contributed by atoms with E-state index in [1.54, 1.807) is 0 Å². The Hall–Kier alpha value is -0.0301. The highest BCUT2D eigenvalue weighted by atomic mass is 16.7. The fourth-order valence-electron chi connectivity index (χ4n) is 1.68. The van der Waals surface area contributed by atoms with Gasteiger partial charge in [-0.05, 0) is 34.6 Å². The molecule has 0 aliphatic carbocycles. The zero-order chi connectivity index (χ0) is 11.3. The van der Waals surface area contributed by atoms with Gasteiger partial charge in [0.15, 0.2) is 0 Å². The van der Waals surface area contributed by atoms with Crippen LogP contribution in [0.4, 0.5) is 0 Å². The second kappa shape index (κ2) is 3.48. The van der Waals surface area contributed by atoms with Gasteiger partial charge < -0.3 is 18.6 Å². The first kappa shape index (κ1) is 11.5. The van der Waals surface area contributed by atoms with Gasteiger partial charge in [-0.15, -0.1) is 0 Å². The first-order chi connectivity index (χ1) is 6.82. The van der Waals surface area contributed by atoms with E-state index in [1.165, 1.54) is 0 Å². The Balaban J connectivity index is 2.03. The second-order valence-electron chi connectivity index (χ2n) is 5.27. The van der Waals surface area contributed by atoms with Crippen LogP contribution < -0.4 is 0 Å². The molecule has 2 aliphatic rings. The molecule has 2 aliphatic heterocycles. The molecule has 0 bridgehead atoms. The monoisotopic (exact) mass is 212 g/mol. The van der Waals surface area contributed by atoms with Crippen LogP contribution in [0.25, 0.3) is 0 Å². The molecule has 15 heavy (non-hydrogen) atoms. The van der Waals surface area contributed by atoms with Gasteiger partial charge in [0.2, 0.25) is 0 Å². The van der Waals surface area contributed by atoms with Crippen LogP contribution in [-0.4, -0.2) is 37.9 Å². The Bertz CT molecular complexity index is 240. The average Bonchev–Trinajstić information content (AvgIpc) is 2.56. The van der Waals surface area contributed by atoms with Crippen LogP contribution in [0.5, 0.6) is 0 Å². The van der Waals surface area contributed by atoms with Crippen LogP contribution in [0.3, 0.4) is 0 Å². The number of hydrogen-bond donors (Lipinski definition) is 0. The van der Waals surface area contributed by atoms with Gasteiger partial charge in [-0.2, -0.15) is 0 Å². The van der Waals surface area contributed by atoms with E-state index in [-0.39, 0.29) is 24.3 Å². The molecule has 0 aromatic carbocycles. The van der Waals surface area contributed by atoms with E-state index in [4.69, 9.17) is 18.6 Å². The molecule has 1 unspecified atom stereocenters. The van der Waals surface area contributed by atoms with Crippen LogP contribution in [0.2, 0.25) is 0 Å². The first-order valence-corrected chi connectivity index (χ1v) is 5.44. The van der Waals surface area contributed by atoms with Crippen LogP contribution >= 0.6 is 0 Å². The zero-order valence-electron chi connectivity index (χ0n) is 10.1. The third-order valence-electron chi connectivity index (χ3n) is 3.36. The molecule has 0 spiro atoms. The lowest BCUT2D eigenvalue weighted by Crippen LogP contribution is -2.41. The molecular formula is C9H18B2O4. The molecule has 1 atom stereocenters. The van der Waals surface area contributed by atoms with Crippen molar-refractivity contribution in [2.45, 2.75) is 51.9 Å². The van der Waals surface area contributed by atoms with E-state index in [0.717, 1.165) is 0 Å². The minimum atomic E-state index is -0.417. The summed E-state index contributed by atoms with van der Waals surface area (Å²) in [7, 11) is -0.805. The lowest BCUT2D eigenvalue weighted by atomic mass is 9.49. The van der Waals surface area contributed by atoms with Crippen LogP contribution in [0.15, 0.2) is 0 Å². The van der Waals surface area contributed by atoms with Gasteiger partial charge in [0.25, 0.3) is 0 Å². The molecule has 2 heterocycles. The Kier molecular flexibility index (Phi) is 2.66. The molecule has 0 radical (unpaired) electrons. The number of hydrogen-bond acceptors (Lipinski definition) is 4. The fourth-order valence-corrected chi connectivity index (χ4v) is 1.68. The normalized spacial score (nSPS) is 33.8. The van der Waals surface area contributed by atoms with Gasteiger partial charge in [-0.3, -0.25) is 0 Å². The molecule has 6 heteroatoms. The number of rotatable bonds is 1. The summed E-state index contributed by atoms with van der Waals surface area (Å²) in [5.74, 6) is 0. The average molecular weight is 212 g/mol. The Labute approximate surface area is 91.9 Å². The molecule has 2 saturated heterocycles. The summed E-state index contributed by atoms with van der Waals surface area (Å²) in [5, 5.41) is 0. The first-order valence-electron chi connectivity index (χ1n) is 5.44. The maximum absolute atomic E-state index is 5.82. The summed E-state index contributed by atoms with van der Waals surface area (Å²) in [4.78, 5) is 0. The Morgan fingerprint density at radius 1 is 1.00 bits per heavy atom. The SMILES string of the molecule is CC1COB(B2OC(C)(C)C(C)(C)O2)O1. The summed E-state index contributed by atoms with van der Waals surface area (Å²) in [6, 6.07) is 0. The predicted molar refractivity (Wildman–Crippen MR) is 58.3 cm³/mol. The second-order valence-corrected chi connectivity index (χ2v) is 5.27. The van der Waals surface area contributed by atoms with Crippen LogP contribution in [0, 0.1) is 0 Å². The third kappa shape index (κ3) is 1.96. The van der Waals surface area contributed by atoms with Crippen LogP contribution in [-0.2, 0) is 18.6 Å². The molecule has 84 valence electrons. The smallest absolute Gasteiger partial charge is 0.411 e. The highest BCUT2D eigenvalue weighted by Gasteiger charge is 2.58. The highest BCUT2D eigenvalue weighted by Crippen LogP contribution is 2.38. The lowest BCUT2D eigenvalue weighted by Gasteiger charge is -2.32. The molecule has 0 saturated carbocycles. The lowest BCUT2D eigenvalue weighted by molar-refractivity contribution is 0.00578. The van der Waals surface area contributed by atoms with Crippen molar-refractivity contribution in [2.75, 3.05) is 6.61 Å². The van der Waals surface area contributed by atoms with E-state index >= 15 is 0 Å². The van der Waals surface area contributed by atoms with Gasteiger partial charge in [0.1, 0.15) is 0 Å². The van der Waals surface area contributed by atoms with Gasteiger partial charge in [0, 0.05) is 0 Å². The van der Waals surface area contributed by atoms with Crippen molar-refractivity contribution in [2.24, 2.45) is 0 Å². The minimum absolute atomic E-state index is 0.119. The summed E-state index contributed by atoms with van der Waals surface area (Å²) in [6.45, 7) is 10.7. The topological polar surface area (TPSA) is 36.9 Å². The van der Waals surface area contributed by atoms with Gasteiger partial charge >= 0.3 is 14.0 Å². The predicted octanol–water partition coefficient (Wildman–Crippen LogP) is 1.08. The van der Waals surface area contributed by atoms with Gasteiger partial charge in [-0.25, -0.2) is 0 Å². The van der Waals surface area contributed by atoms with Crippen molar-refractivity contribution in [3.63, 3.8) is 0 Å². The third-order valence-corrected chi connectivity index (χ3v) is 3.36. The molecule has 4 nitrogen and oxygen atoms in total. The Morgan fingerprint density at radius 2 is 1.53 bits per heavy atom. The summed E-state index contributed by atoms with van der Waals surface area (Å²) in [6.07, 6.45) is 0.119. The van der Waals surface area contributed by atoms with Crippen LogP contribution in [0.1, 0.15) is 34.6 Å². The molecule has 2 rings (SSSR count). The summed E-state index contributed by atoms with van der Waals surface area (Å²) < 4.78 is 22.7. The van der Waals surface area contributed by atoms with E-state index in [1.807, 2.05) is 34.6 Å². The van der Waals surface area contributed by atoms with E-state index in [0.29, 0.717) is 6.61 Å². The van der Waals surface area contributed by atoms with E-state index in [2.05, 4.69) is 0 Å². The standard InChI is InChI=1S/C9H18B2O4/c1-7-6-12-10(13-7)11-14-8(2,3)9(4,5)15-11/h7H,6H2,1-5H3. The van der Waals surface area contributed by atoms with Crippen molar-refractivity contribution >= 4 is 14.0 Å². The van der Waals surface area contributed by atoms with E-state index < -0.39 is 7.01 Å². The summed E-state index contributed by atoms with van der Waals surface area (Å²) >= 11 is 0. The van der Waals surface area contributed by atoms with Crippen molar-refractivity contribution < 1.29 is 18.6 Å². The van der Waals surface area contributed by atoms with Gasteiger partial charge in [0.05, 0.1) is 23.9 Å². The van der Waals surface area contributed by atoms with Crippen molar-refractivity contribution in [1.29, 1.82) is 0 Å². The van der Waals surface area contributed by atoms with E-state index in [9.17, 15) is 0 Å². The quantitative estimate of drug-likeness (QED) is 0.609. The highest BCUT2D eigenvalue weighted by molar-refractivity contribution is 7.11. The van der Waals surface area contributed by atoms with Crippen molar-refractivity contribution in [1.82, 2.24) is 0 Å². The molecule has 0 aromatic rings. The minimum Gasteiger partial charge on any atom is -0.411 e. The fraction of sp³-hybridized carbons (Fsp3) is 1.00. The molecule has 0 aromatic heterocycles. The maximum Gasteiger partial charge on any atom is 0.488 e. The zero-order valence-corrected chi connectivity index (χ0v) is 10.1. The maximum atomic E-state index is 5.82. The Morgan fingerprint density at radius 3 is 1.93 bits per heavy atom.